The monoisotopic (exact) mass is 509 g/mol. The van der Waals surface area contributed by atoms with E-state index in [9.17, 15) is 22.4 Å². The van der Waals surface area contributed by atoms with Gasteiger partial charge in [-0.3, -0.25) is 10.1 Å². The smallest absolute Gasteiger partial charge is 0.399 e. The summed E-state index contributed by atoms with van der Waals surface area (Å²) in [4.78, 5) is 15.9. The predicted octanol–water partition coefficient (Wildman–Crippen LogP) is 5.26. The lowest BCUT2D eigenvalue weighted by Crippen LogP contribution is -2.07. The first-order valence-electron chi connectivity index (χ1n) is 11.0. The molecule has 5 aromatic rings. The fourth-order valence-electron chi connectivity index (χ4n) is 4.16. The van der Waals surface area contributed by atoms with Gasteiger partial charge in [-0.05, 0) is 54.4 Å². The summed E-state index contributed by atoms with van der Waals surface area (Å²) in [7, 11) is 0. The van der Waals surface area contributed by atoms with Gasteiger partial charge in [-0.1, -0.05) is 12.1 Å². The summed E-state index contributed by atoms with van der Waals surface area (Å²) < 4.78 is 58.1. The van der Waals surface area contributed by atoms with E-state index in [1.807, 2.05) is 0 Å². The Labute approximate surface area is 207 Å². The zero-order valence-electron chi connectivity index (χ0n) is 19.5. The van der Waals surface area contributed by atoms with E-state index in [4.69, 9.17) is 5.73 Å². The minimum absolute atomic E-state index is 0.0182. The summed E-state index contributed by atoms with van der Waals surface area (Å²) in [6, 6.07) is 10.7. The van der Waals surface area contributed by atoms with Crippen molar-refractivity contribution >= 4 is 23.2 Å². The van der Waals surface area contributed by atoms with Crippen molar-refractivity contribution in [2.24, 2.45) is 0 Å². The first-order chi connectivity index (χ1) is 17.5. The number of hydrogen-bond donors (Lipinski definition) is 2. The average molecular weight is 509 g/mol. The number of carbonyl (C=O) groups is 1. The summed E-state index contributed by atoms with van der Waals surface area (Å²) in [6.45, 7) is 3.00. The number of hydrogen-bond acceptors (Lipinski definition) is 5. The molecule has 37 heavy (non-hydrogen) atoms. The molecule has 0 atom stereocenters. The van der Waals surface area contributed by atoms with Crippen LogP contribution in [0.3, 0.4) is 0 Å². The summed E-state index contributed by atoms with van der Waals surface area (Å²) in [5.74, 6) is -1.03. The molecule has 0 aliphatic rings. The highest BCUT2D eigenvalue weighted by molar-refractivity contribution is 5.89. The van der Waals surface area contributed by atoms with Crippen molar-refractivity contribution in [2.45, 2.75) is 20.0 Å². The number of rotatable bonds is 4. The highest BCUT2D eigenvalue weighted by Crippen LogP contribution is 2.38. The molecule has 0 fully saturated rings. The second kappa shape index (κ2) is 8.73. The van der Waals surface area contributed by atoms with Crippen LogP contribution < -0.4 is 11.1 Å². The molecule has 0 saturated heterocycles. The Kier molecular flexibility index (Phi) is 5.66. The number of benzene rings is 2. The van der Waals surface area contributed by atoms with E-state index in [-0.39, 0.29) is 28.5 Å². The van der Waals surface area contributed by atoms with Crippen LogP contribution in [0.25, 0.3) is 33.7 Å². The Balaban J connectivity index is 1.79. The SMILES string of the molecule is CC(=O)Nc1nc2c(-c3cccc(C(F)(F)F)c3)c(C)c(-c3ccnn3-c3ccc(N)cc3F)cn2n1. The van der Waals surface area contributed by atoms with Crippen LogP contribution in [0, 0.1) is 12.7 Å². The zero-order chi connectivity index (χ0) is 26.5. The maximum atomic E-state index is 14.8. The molecule has 0 spiro atoms. The first kappa shape index (κ1) is 24.0. The minimum atomic E-state index is -4.56. The van der Waals surface area contributed by atoms with Crippen molar-refractivity contribution in [2.75, 3.05) is 11.1 Å². The number of pyridine rings is 1. The number of nitrogens with zero attached hydrogens (tertiary/aromatic N) is 5. The number of alkyl halides is 3. The topological polar surface area (TPSA) is 103 Å². The van der Waals surface area contributed by atoms with Gasteiger partial charge in [0.25, 0.3) is 0 Å². The number of aromatic nitrogens is 5. The van der Waals surface area contributed by atoms with Gasteiger partial charge in [-0.25, -0.2) is 13.6 Å². The normalized spacial score (nSPS) is 11.7. The van der Waals surface area contributed by atoms with Gasteiger partial charge in [0.1, 0.15) is 5.69 Å². The Morgan fingerprint density at radius 2 is 1.89 bits per heavy atom. The Morgan fingerprint density at radius 3 is 2.59 bits per heavy atom. The third kappa shape index (κ3) is 4.37. The molecule has 3 N–H and O–H groups in total. The van der Waals surface area contributed by atoms with E-state index in [1.165, 1.54) is 52.6 Å². The van der Waals surface area contributed by atoms with Gasteiger partial charge in [0.15, 0.2) is 11.5 Å². The van der Waals surface area contributed by atoms with Crippen molar-refractivity contribution in [1.29, 1.82) is 0 Å². The van der Waals surface area contributed by atoms with Crippen LogP contribution >= 0.6 is 0 Å². The van der Waals surface area contributed by atoms with Crippen molar-refractivity contribution in [3.8, 4) is 28.1 Å². The predicted molar refractivity (Wildman–Crippen MR) is 129 cm³/mol. The molecular weight excluding hydrogens is 490 g/mol. The van der Waals surface area contributed by atoms with Gasteiger partial charge >= 0.3 is 6.18 Å². The first-order valence-corrected chi connectivity index (χ1v) is 11.0. The van der Waals surface area contributed by atoms with Crippen LogP contribution in [0.5, 0.6) is 0 Å². The van der Waals surface area contributed by atoms with Crippen molar-refractivity contribution < 1.29 is 22.4 Å². The van der Waals surface area contributed by atoms with Crippen molar-refractivity contribution in [3.63, 3.8) is 0 Å². The van der Waals surface area contributed by atoms with Crippen LogP contribution in [-0.4, -0.2) is 30.3 Å². The van der Waals surface area contributed by atoms with Crippen LogP contribution in [-0.2, 0) is 11.0 Å². The molecule has 0 aliphatic heterocycles. The van der Waals surface area contributed by atoms with Crippen LogP contribution in [0.2, 0.25) is 0 Å². The van der Waals surface area contributed by atoms with Gasteiger partial charge in [-0.2, -0.15) is 23.3 Å². The molecular formula is C25H19F4N7O. The lowest BCUT2D eigenvalue weighted by Gasteiger charge is -2.16. The van der Waals surface area contributed by atoms with Gasteiger partial charge < -0.3 is 5.73 Å². The lowest BCUT2D eigenvalue weighted by molar-refractivity contribution is -0.137. The molecule has 12 heteroatoms. The van der Waals surface area contributed by atoms with Crippen LogP contribution in [0.1, 0.15) is 18.1 Å². The molecule has 0 bridgehead atoms. The van der Waals surface area contributed by atoms with Crippen molar-refractivity contribution in [1.82, 2.24) is 24.4 Å². The number of nitrogens with one attached hydrogen (secondary N) is 1. The second-order valence-electron chi connectivity index (χ2n) is 8.35. The van der Waals surface area contributed by atoms with E-state index < -0.39 is 23.5 Å². The van der Waals surface area contributed by atoms with E-state index >= 15 is 0 Å². The van der Waals surface area contributed by atoms with E-state index in [0.717, 1.165) is 12.1 Å². The lowest BCUT2D eigenvalue weighted by atomic mass is 9.95. The van der Waals surface area contributed by atoms with E-state index in [2.05, 4.69) is 20.5 Å². The van der Waals surface area contributed by atoms with Gasteiger partial charge in [0.05, 0.1) is 17.5 Å². The molecule has 8 nitrogen and oxygen atoms in total. The van der Waals surface area contributed by atoms with Crippen LogP contribution in [0.4, 0.5) is 29.2 Å². The van der Waals surface area contributed by atoms with Gasteiger partial charge in [0.2, 0.25) is 11.9 Å². The standard InChI is InChI=1S/C25H19F4N7O/c1-13-18(20-8-9-31-36(20)21-7-6-17(30)11-19(21)26)12-35-23(33-24(34-35)32-14(2)37)22(13)15-4-3-5-16(10-15)25(27,28)29/h3-12H,30H2,1-2H3,(H,32,34,37). The van der Waals surface area contributed by atoms with E-state index in [0.29, 0.717) is 22.4 Å². The molecule has 0 aliphatic carbocycles. The highest BCUT2D eigenvalue weighted by atomic mass is 19.4. The molecule has 5 rings (SSSR count). The molecule has 0 saturated carbocycles. The number of nitrogen functional groups attached to an aromatic ring is 1. The quantitative estimate of drug-likeness (QED) is 0.254. The summed E-state index contributed by atoms with van der Waals surface area (Å²) in [5, 5.41) is 11.0. The number of halogens is 4. The maximum Gasteiger partial charge on any atom is 0.416 e. The van der Waals surface area contributed by atoms with E-state index in [1.54, 1.807) is 19.2 Å². The van der Waals surface area contributed by atoms with Crippen LogP contribution in [0.15, 0.2) is 60.9 Å². The Bertz CT molecular complexity index is 1670. The van der Waals surface area contributed by atoms with Gasteiger partial charge in [0, 0.05) is 29.9 Å². The highest BCUT2D eigenvalue weighted by Gasteiger charge is 2.31. The summed E-state index contributed by atoms with van der Waals surface area (Å²) >= 11 is 0. The molecule has 188 valence electrons. The fourth-order valence-corrected chi connectivity index (χ4v) is 4.16. The fraction of sp³-hybridized carbons (Fsp3) is 0.120. The average Bonchev–Trinajstić information content (AvgIpc) is 3.44. The van der Waals surface area contributed by atoms with Crippen molar-refractivity contribution in [3.05, 3.63) is 77.9 Å². The number of nitrogens with two attached hydrogens (primary N) is 1. The minimum Gasteiger partial charge on any atom is -0.399 e. The third-order valence-electron chi connectivity index (χ3n) is 5.77. The molecule has 1 amide bonds. The number of amides is 1. The Hall–Kier alpha value is -4.74. The second-order valence-corrected chi connectivity index (χ2v) is 8.35. The molecule has 3 aromatic heterocycles. The number of fused-ring (bicyclic) bond motifs is 1. The largest absolute Gasteiger partial charge is 0.416 e. The third-order valence-corrected chi connectivity index (χ3v) is 5.77. The maximum absolute atomic E-state index is 14.8. The summed E-state index contributed by atoms with van der Waals surface area (Å²) in [5.41, 5.74) is 7.56. The Morgan fingerprint density at radius 1 is 1.11 bits per heavy atom. The summed E-state index contributed by atoms with van der Waals surface area (Å²) in [6.07, 6.45) is -1.48. The number of anilines is 2. The molecule has 0 unspecified atom stereocenters. The number of carbonyl (C=O) groups excluding carboxylic acids is 1. The molecule has 0 radical (unpaired) electrons. The molecule has 2 aromatic carbocycles. The molecule has 3 heterocycles. The zero-order valence-corrected chi connectivity index (χ0v) is 19.5. The van der Waals surface area contributed by atoms with Gasteiger partial charge in [-0.15, -0.1) is 5.10 Å².